The summed E-state index contributed by atoms with van der Waals surface area (Å²) in [7, 11) is 0. The minimum absolute atomic E-state index is 0.0247. The molecule has 36 heavy (non-hydrogen) atoms. The molecule has 0 spiro atoms. The Hall–Kier alpha value is -3.12. The molecule has 1 atom stereocenters. The maximum Gasteiger partial charge on any atom is 0.295 e. The molecule has 1 fully saturated rings. The lowest BCUT2D eigenvalue weighted by Crippen LogP contribution is -2.38. The van der Waals surface area contributed by atoms with Gasteiger partial charge >= 0.3 is 0 Å². The van der Waals surface area contributed by atoms with Crippen molar-refractivity contribution >= 4 is 17.4 Å². The second-order valence-electron chi connectivity index (χ2n) is 10.6. The van der Waals surface area contributed by atoms with Crippen LogP contribution in [0.1, 0.15) is 71.2 Å². The number of carbonyl (C=O) groups excluding carboxylic acids is 2. The highest BCUT2D eigenvalue weighted by Crippen LogP contribution is 2.40. The fraction of sp³-hybridized carbons (Fsp3) is 0.467. The normalized spacial score (nSPS) is 17.9. The zero-order valence-corrected chi connectivity index (χ0v) is 22.7. The third-order valence-corrected chi connectivity index (χ3v) is 6.68. The van der Waals surface area contributed by atoms with Gasteiger partial charge in [0.1, 0.15) is 11.5 Å². The topological polar surface area (TPSA) is 70.1 Å². The van der Waals surface area contributed by atoms with E-state index in [1.54, 1.807) is 29.2 Å². The number of rotatable bonds is 9. The molecule has 0 saturated carbocycles. The predicted octanol–water partition coefficient (Wildman–Crippen LogP) is 5.53. The van der Waals surface area contributed by atoms with E-state index in [0.29, 0.717) is 24.4 Å². The molecular formula is C30H40N2O4. The monoisotopic (exact) mass is 492 g/mol. The summed E-state index contributed by atoms with van der Waals surface area (Å²) >= 11 is 0. The molecule has 1 saturated heterocycles. The van der Waals surface area contributed by atoms with Crippen molar-refractivity contribution in [3.05, 3.63) is 70.8 Å². The molecule has 0 radical (unpaired) electrons. The first-order valence-electron chi connectivity index (χ1n) is 12.9. The van der Waals surface area contributed by atoms with Crippen molar-refractivity contribution in [3.8, 4) is 5.75 Å². The standard InChI is InChI=1S/C30H40N2O4/c1-8-31(9-2)18-19-32-26(21-10-14-23(15-11-21)30(5,6)7)25(28(34)29(32)35)27(33)22-12-16-24(17-13-22)36-20(3)4/h10-17,20,26,33H,8-9,18-19H2,1-7H3/b27-25+/t26-/m0/s1. The third-order valence-electron chi connectivity index (χ3n) is 6.68. The van der Waals surface area contributed by atoms with Crippen molar-refractivity contribution in [3.63, 3.8) is 0 Å². The zero-order chi connectivity index (χ0) is 26.6. The van der Waals surface area contributed by atoms with Crippen LogP contribution in [0.15, 0.2) is 54.1 Å². The number of carbonyl (C=O) groups is 2. The lowest BCUT2D eigenvalue weighted by atomic mass is 9.85. The number of nitrogens with zero attached hydrogens (tertiary/aromatic N) is 2. The number of ketones is 1. The summed E-state index contributed by atoms with van der Waals surface area (Å²) in [6, 6.07) is 14.3. The van der Waals surface area contributed by atoms with Crippen LogP contribution in [0, 0.1) is 0 Å². The zero-order valence-electron chi connectivity index (χ0n) is 22.7. The molecule has 194 valence electrons. The summed E-state index contributed by atoms with van der Waals surface area (Å²) in [6.07, 6.45) is 0.0247. The van der Waals surface area contributed by atoms with E-state index in [-0.39, 0.29) is 22.9 Å². The second-order valence-corrected chi connectivity index (χ2v) is 10.6. The number of amides is 1. The van der Waals surface area contributed by atoms with Gasteiger partial charge in [-0.2, -0.15) is 0 Å². The molecule has 0 unspecified atom stereocenters. The van der Waals surface area contributed by atoms with Crippen molar-refractivity contribution in [2.45, 2.75) is 66.0 Å². The van der Waals surface area contributed by atoms with Crippen molar-refractivity contribution in [1.29, 1.82) is 0 Å². The summed E-state index contributed by atoms with van der Waals surface area (Å²) in [4.78, 5) is 30.3. The van der Waals surface area contributed by atoms with E-state index >= 15 is 0 Å². The molecule has 1 aliphatic rings. The Balaban J connectivity index is 2.07. The van der Waals surface area contributed by atoms with Crippen molar-refractivity contribution in [1.82, 2.24) is 9.80 Å². The molecule has 1 amide bonds. The highest BCUT2D eigenvalue weighted by molar-refractivity contribution is 6.46. The summed E-state index contributed by atoms with van der Waals surface area (Å²) in [5, 5.41) is 11.3. The molecule has 0 aromatic heterocycles. The van der Waals surface area contributed by atoms with Gasteiger partial charge in [0, 0.05) is 18.7 Å². The Morgan fingerprint density at radius 3 is 2.08 bits per heavy atom. The molecule has 0 aliphatic carbocycles. The van der Waals surface area contributed by atoms with Gasteiger partial charge in [0.2, 0.25) is 0 Å². The molecule has 1 aliphatic heterocycles. The van der Waals surface area contributed by atoms with Crippen LogP contribution >= 0.6 is 0 Å². The average molecular weight is 493 g/mol. The Labute approximate surface area is 215 Å². The molecule has 6 nitrogen and oxygen atoms in total. The first kappa shape index (κ1) is 27.5. The second kappa shape index (κ2) is 11.3. The maximum atomic E-state index is 13.3. The van der Waals surface area contributed by atoms with Gasteiger partial charge in [-0.3, -0.25) is 9.59 Å². The molecule has 2 aromatic rings. The number of benzene rings is 2. The van der Waals surface area contributed by atoms with Crippen LogP contribution in [0.5, 0.6) is 5.75 Å². The van der Waals surface area contributed by atoms with Gasteiger partial charge < -0.3 is 19.6 Å². The van der Waals surface area contributed by atoms with Gasteiger partial charge in [0.05, 0.1) is 17.7 Å². The summed E-state index contributed by atoms with van der Waals surface area (Å²) < 4.78 is 5.70. The predicted molar refractivity (Wildman–Crippen MR) is 144 cm³/mol. The van der Waals surface area contributed by atoms with Gasteiger partial charge in [-0.15, -0.1) is 0 Å². The first-order chi connectivity index (χ1) is 17.0. The first-order valence-corrected chi connectivity index (χ1v) is 12.9. The fourth-order valence-corrected chi connectivity index (χ4v) is 4.53. The molecule has 3 rings (SSSR count). The summed E-state index contributed by atoms with van der Waals surface area (Å²) in [6.45, 7) is 17.2. The van der Waals surface area contributed by atoms with Crippen LogP contribution in [-0.4, -0.2) is 58.9 Å². The van der Waals surface area contributed by atoms with Crippen LogP contribution in [-0.2, 0) is 15.0 Å². The molecule has 1 N–H and O–H groups in total. The molecule has 6 heteroatoms. The van der Waals surface area contributed by atoms with Gasteiger partial charge in [-0.25, -0.2) is 0 Å². The van der Waals surface area contributed by atoms with Crippen molar-refractivity contribution in [2.24, 2.45) is 0 Å². The van der Waals surface area contributed by atoms with Crippen LogP contribution in [0.3, 0.4) is 0 Å². The van der Waals surface area contributed by atoms with E-state index in [0.717, 1.165) is 24.2 Å². The number of hydrogen-bond acceptors (Lipinski definition) is 5. The van der Waals surface area contributed by atoms with Crippen LogP contribution in [0.4, 0.5) is 0 Å². The lowest BCUT2D eigenvalue weighted by molar-refractivity contribution is -0.140. The Morgan fingerprint density at radius 2 is 1.58 bits per heavy atom. The number of aliphatic hydroxyl groups is 1. The van der Waals surface area contributed by atoms with Gasteiger partial charge in [0.25, 0.3) is 11.7 Å². The Morgan fingerprint density at radius 1 is 1.00 bits per heavy atom. The van der Waals surface area contributed by atoms with Crippen LogP contribution in [0.25, 0.3) is 5.76 Å². The van der Waals surface area contributed by atoms with E-state index in [1.165, 1.54) is 0 Å². The van der Waals surface area contributed by atoms with Gasteiger partial charge in [-0.1, -0.05) is 58.9 Å². The van der Waals surface area contributed by atoms with E-state index in [4.69, 9.17) is 4.74 Å². The van der Waals surface area contributed by atoms with E-state index < -0.39 is 17.7 Å². The number of Topliss-reactive ketones (excluding diaryl/α,β-unsaturated/α-hetero) is 1. The third kappa shape index (κ3) is 5.98. The highest BCUT2D eigenvalue weighted by atomic mass is 16.5. The highest BCUT2D eigenvalue weighted by Gasteiger charge is 2.46. The van der Waals surface area contributed by atoms with Crippen molar-refractivity contribution in [2.75, 3.05) is 26.2 Å². The van der Waals surface area contributed by atoms with E-state index in [9.17, 15) is 14.7 Å². The SMILES string of the molecule is CCN(CC)CCN1C(=O)C(=O)/C(=C(/O)c2ccc(OC(C)C)cc2)[C@@H]1c1ccc(C(C)(C)C)cc1. The number of likely N-dealkylation sites (tertiary alicyclic amines) is 1. The maximum absolute atomic E-state index is 13.3. The lowest BCUT2D eigenvalue weighted by Gasteiger charge is -2.28. The molecular weight excluding hydrogens is 452 g/mol. The fourth-order valence-electron chi connectivity index (χ4n) is 4.53. The van der Waals surface area contributed by atoms with Crippen LogP contribution < -0.4 is 4.74 Å². The van der Waals surface area contributed by atoms with Crippen LogP contribution in [0.2, 0.25) is 0 Å². The summed E-state index contributed by atoms with van der Waals surface area (Å²) in [5.41, 5.74) is 2.54. The van der Waals surface area contributed by atoms with E-state index in [1.807, 2.05) is 38.1 Å². The number of likely N-dealkylation sites (N-methyl/N-ethyl adjacent to an activating group) is 1. The number of ether oxygens (including phenoxy) is 1. The minimum Gasteiger partial charge on any atom is -0.507 e. The molecule has 2 aromatic carbocycles. The van der Waals surface area contributed by atoms with Crippen molar-refractivity contribution < 1.29 is 19.4 Å². The Bertz CT molecular complexity index is 1090. The van der Waals surface area contributed by atoms with Gasteiger partial charge in [0.15, 0.2) is 0 Å². The smallest absolute Gasteiger partial charge is 0.295 e. The Kier molecular flexibility index (Phi) is 8.62. The average Bonchev–Trinajstić information content (AvgIpc) is 3.09. The number of aliphatic hydroxyl groups excluding tert-OH is 1. The van der Waals surface area contributed by atoms with E-state index in [2.05, 4.69) is 39.5 Å². The van der Waals surface area contributed by atoms with Gasteiger partial charge in [-0.05, 0) is 67.7 Å². The summed E-state index contributed by atoms with van der Waals surface area (Å²) in [5.74, 6) is -0.719. The number of hydrogen-bond donors (Lipinski definition) is 1. The molecule has 0 bridgehead atoms. The minimum atomic E-state index is -0.653. The quantitative estimate of drug-likeness (QED) is 0.283. The molecule has 1 heterocycles. The largest absolute Gasteiger partial charge is 0.507 e.